The van der Waals surface area contributed by atoms with Gasteiger partial charge in [0, 0.05) is 12.4 Å². The minimum absolute atomic E-state index is 0.0279. The Morgan fingerprint density at radius 3 is 2.14 bits per heavy atom. The number of fused-ring (bicyclic) bond motifs is 1. The Balaban J connectivity index is 1.67. The number of aromatic nitrogens is 2. The van der Waals surface area contributed by atoms with E-state index in [2.05, 4.69) is 24.8 Å². The predicted molar refractivity (Wildman–Crippen MR) is 180 cm³/mol. The van der Waals surface area contributed by atoms with Gasteiger partial charge in [0.2, 0.25) is 0 Å². The summed E-state index contributed by atoms with van der Waals surface area (Å²) in [5, 5.41) is 32.7. The Hall–Kier alpha value is -3.83. The highest BCUT2D eigenvalue weighted by atomic mass is 32.3. The largest absolute Gasteiger partial charge is 0.397 e. The second kappa shape index (κ2) is 14.8. The lowest BCUT2D eigenvalue weighted by Gasteiger charge is -2.32. The van der Waals surface area contributed by atoms with Crippen LogP contribution in [-0.4, -0.2) is 93.7 Å². The summed E-state index contributed by atoms with van der Waals surface area (Å²) in [6, 6.07) is 11.7. The number of aliphatic hydroxyl groups excluding tert-OH is 1. The molecule has 0 aliphatic carbocycles. The number of aryl methyl sites for hydroxylation is 1. The maximum Gasteiger partial charge on any atom is 0.397 e. The topological polar surface area (TPSA) is 335 Å². The molecule has 1 heterocycles. The van der Waals surface area contributed by atoms with Gasteiger partial charge in [0.1, 0.15) is 22.3 Å². The zero-order valence-electron chi connectivity index (χ0n) is 25.4. The van der Waals surface area contributed by atoms with Gasteiger partial charge >= 0.3 is 10.4 Å². The summed E-state index contributed by atoms with van der Waals surface area (Å²) < 4.78 is 111. The fourth-order valence-corrected chi connectivity index (χ4v) is 7.74. The lowest BCUT2D eigenvalue weighted by atomic mass is 10.0. The van der Waals surface area contributed by atoms with Crippen molar-refractivity contribution in [3.05, 3.63) is 81.1 Å². The van der Waals surface area contributed by atoms with Crippen LogP contribution in [0.1, 0.15) is 17.5 Å². The quantitative estimate of drug-likeness (QED) is 0.0273. The van der Waals surface area contributed by atoms with Gasteiger partial charge in [-0.1, -0.05) is 24.3 Å². The van der Waals surface area contributed by atoms with E-state index in [1.165, 1.54) is 54.6 Å². The van der Waals surface area contributed by atoms with Crippen molar-refractivity contribution in [3.63, 3.8) is 0 Å². The second-order valence-electron chi connectivity index (χ2n) is 10.3. The lowest BCUT2D eigenvalue weighted by molar-refractivity contribution is -0.0456. The van der Waals surface area contributed by atoms with Crippen LogP contribution in [0.2, 0.25) is 0 Å². The summed E-state index contributed by atoms with van der Waals surface area (Å²) in [5.74, 6) is -1.06. The monoisotopic (exact) mass is 782 g/mol. The molecule has 1 aromatic heterocycles. The molecule has 9 N–H and O–H groups in total. The summed E-state index contributed by atoms with van der Waals surface area (Å²) in [5.41, 5.74) is -2.04. The first-order valence-electron chi connectivity index (χ1n) is 13.6. The SMILES string of the molecule is CN(N=O)S(=O)(=O)CCc1ccc2c(S(O)(O)O)c(N=Nc3c(C(O)O)[nH]n(-c4ccc(S(O)(O)CCOS(=O)(=O)O)cc4)c3=O)ccc2c1. The van der Waals surface area contributed by atoms with Crippen molar-refractivity contribution in [1.82, 2.24) is 14.2 Å². The number of nitroso groups, excluding NO2 is 1. The van der Waals surface area contributed by atoms with Crippen LogP contribution < -0.4 is 5.56 Å². The number of aliphatic hydroxyl groups is 2. The maximum absolute atomic E-state index is 13.3. The third-order valence-corrected chi connectivity index (χ3v) is 11.7. The van der Waals surface area contributed by atoms with Crippen molar-refractivity contribution < 1.29 is 58.5 Å². The molecule has 4 rings (SSSR count). The zero-order chi connectivity index (χ0) is 37.2. The molecule has 4 aromatic rings. The van der Waals surface area contributed by atoms with Gasteiger partial charge in [-0.15, -0.1) is 15.1 Å². The zero-order valence-corrected chi connectivity index (χ0v) is 28.7. The highest BCUT2D eigenvalue weighted by Crippen LogP contribution is 2.52. The summed E-state index contributed by atoms with van der Waals surface area (Å²) in [7, 11) is -15.9. The van der Waals surface area contributed by atoms with Crippen molar-refractivity contribution in [3.8, 4) is 5.69 Å². The second-order valence-corrected chi connectivity index (χ2v) is 17.1. The summed E-state index contributed by atoms with van der Waals surface area (Å²) in [6.45, 7) is -0.748. The van der Waals surface area contributed by atoms with Gasteiger partial charge in [0.25, 0.3) is 15.6 Å². The maximum atomic E-state index is 13.3. The Bertz CT molecular complexity index is 2200. The predicted octanol–water partition coefficient (Wildman–Crippen LogP) is 3.71. The number of nitrogens with zero attached hydrogens (tertiary/aromatic N) is 5. The molecule has 0 aliphatic rings. The van der Waals surface area contributed by atoms with E-state index in [1.54, 1.807) is 0 Å². The number of rotatable bonds is 15. The van der Waals surface area contributed by atoms with Gasteiger partial charge in [-0.3, -0.25) is 23.6 Å². The molecule has 0 bridgehead atoms. The number of aromatic amines is 1. The molecule has 0 aliphatic heterocycles. The van der Waals surface area contributed by atoms with E-state index in [-0.39, 0.29) is 32.5 Å². The van der Waals surface area contributed by atoms with Crippen LogP contribution in [0.5, 0.6) is 0 Å². The van der Waals surface area contributed by atoms with E-state index >= 15 is 0 Å². The molecular formula is C25H30N6O15S4. The van der Waals surface area contributed by atoms with E-state index in [0.29, 0.717) is 10.9 Å². The molecule has 0 fully saturated rings. The normalized spacial score (nSPS) is 13.7. The van der Waals surface area contributed by atoms with E-state index in [4.69, 9.17) is 4.55 Å². The van der Waals surface area contributed by atoms with Crippen molar-refractivity contribution in [2.24, 2.45) is 15.5 Å². The van der Waals surface area contributed by atoms with E-state index in [1.807, 2.05) is 0 Å². The van der Waals surface area contributed by atoms with Gasteiger partial charge in [-0.2, -0.15) is 23.4 Å². The fourth-order valence-electron chi connectivity index (χ4n) is 4.49. The Morgan fingerprint density at radius 2 is 1.56 bits per heavy atom. The summed E-state index contributed by atoms with van der Waals surface area (Å²) >= 11 is 0. The number of H-pyrrole nitrogens is 1. The van der Waals surface area contributed by atoms with Crippen LogP contribution in [0, 0.1) is 4.91 Å². The minimum Gasteiger partial charge on any atom is -0.363 e. The number of azo groups is 1. The van der Waals surface area contributed by atoms with Crippen LogP contribution in [0.4, 0.5) is 11.4 Å². The molecule has 25 heteroatoms. The third kappa shape index (κ3) is 9.09. The molecule has 0 saturated heterocycles. The molecule has 274 valence electrons. The number of hydrogen-bond acceptors (Lipinski definition) is 17. The third-order valence-electron chi connectivity index (χ3n) is 6.94. The summed E-state index contributed by atoms with van der Waals surface area (Å²) in [6.07, 6.45) is -2.35. The van der Waals surface area contributed by atoms with Crippen molar-refractivity contribution in [2.45, 2.75) is 22.5 Å². The molecular weight excluding hydrogens is 753 g/mol. The molecule has 0 spiro atoms. The smallest absolute Gasteiger partial charge is 0.363 e. The molecule has 3 aromatic carbocycles. The number of benzene rings is 3. The molecule has 0 unspecified atom stereocenters. The minimum atomic E-state index is -4.81. The van der Waals surface area contributed by atoms with E-state index < -0.39 is 88.1 Å². The molecule has 21 nitrogen and oxygen atoms in total. The summed E-state index contributed by atoms with van der Waals surface area (Å²) in [4.78, 5) is 23.3. The first-order valence-corrected chi connectivity index (χ1v) is 19.8. The molecule has 0 saturated carbocycles. The average molecular weight is 783 g/mol. The Kier molecular flexibility index (Phi) is 11.5. The van der Waals surface area contributed by atoms with Crippen LogP contribution in [0.15, 0.2) is 84.7 Å². The van der Waals surface area contributed by atoms with E-state index in [0.717, 1.165) is 11.7 Å². The van der Waals surface area contributed by atoms with Crippen LogP contribution in [0.3, 0.4) is 0 Å². The van der Waals surface area contributed by atoms with Crippen LogP contribution in [0.25, 0.3) is 16.5 Å². The molecule has 50 heavy (non-hydrogen) atoms. The van der Waals surface area contributed by atoms with Crippen molar-refractivity contribution >= 4 is 64.0 Å². The number of sulfonamides is 1. The average Bonchev–Trinajstić information content (AvgIpc) is 3.36. The molecule has 0 atom stereocenters. The van der Waals surface area contributed by atoms with Gasteiger partial charge in [0.05, 0.1) is 38.9 Å². The van der Waals surface area contributed by atoms with Gasteiger partial charge < -0.3 is 23.9 Å². The molecule has 0 amide bonds. The first-order chi connectivity index (χ1) is 23.1. The highest BCUT2D eigenvalue weighted by molar-refractivity contribution is 8.24. The Labute approximate surface area is 285 Å². The van der Waals surface area contributed by atoms with Gasteiger partial charge in [-0.25, -0.2) is 17.3 Å². The molecule has 0 radical (unpaired) electrons. The van der Waals surface area contributed by atoms with E-state index in [9.17, 15) is 59.5 Å². The van der Waals surface area contributed by atoms with Gasteiger partial charge in [-0.05, 0) is 47.7 Å². The highest BCUT2D eigenvalue weighted by Gasteiger charge is 2.26. The standard InChI is InChI=1S/C25H30N6O15S4/c1-30(29-35)48(38,39)12-10-15-2-8-19-16(14-15)3-9-20(23(19)49(40,41)42)26-27-21-22(25(33)34)28-31(24(21)32)17-4-6-18(7-5-17)47(36,37)13-11-46-50(43,44)45/h2-9,14,25,28,33-34,36-37,40-42H,10-13H2,1H3,(H,43,44,45). The Morgan fingerprint density at radius 1 is 0.900 bits per heavy atom. The van der Waals surface area contributed by atoms with Gasteiger partial charge in [0.15, 0.2) is 12.0 Å². The lowest BCUT2D eigenvalue weighted by Crippen LogP contribution is -2.24. The fraction of sp³-hybridized carbons (Fsp3) is 0.240. The van der Waals surface area contributed by atoms with Crippen molar-refractivity contribution in [2.75, 3.05) is 25.2 Å². The number of nitrogens with one attached hydrogen (secondary N) is 1. The van der Waals surface area contributed by atoms with Crippen LogP contribution in [-0.2, 0) is 31.0 Å². The first kappa shape index (κ1) is 39.0. The van der Waals surface area contributed by atoms with Crippen LogP contribution >= 0.6 is 21.5 Å². The number of hydrogen-bond donors (Lipinski definition) is 9. The van der Waals surface area contributed by atoms with Crippen molar-refractivity contribution in [1.29, 1.82) is 0 Å².